The summed E-state index contributed by atoms with van der Waals surface area (Å²) in [5.41, 5.74) is 0.0130. The first-order valence-electron chi connectivity index (χ1n) is 9.34. The zero-order chi connectivity index (χ0) is 19.8. The van der Waals surface area contributed by atoms with Crippen molar-refractivity contribution in [3.63, 3.8) is 0 Å². The minimum absolute atomic E-state index is 0.00555. The van der Waals surface area contributed by atoms with Crippen molar-refractivity contribution in [3.8, 4) is 0 Å². The van der Waals surface area contributed by atoms with Gasteiger partial charge in [-0.3, -0.25) is 4.79 Å². The summed E-state index contributed by atoms with van der Waals surface area (Å²) in [6, 6.07) is 3.33. The Kier molecular flexibility index (Phi) is 7.97. The molecule has 0 saturated carbocycles. The third kappa shape index (κ3) is 5.89. The zero-order valence-corrected chi connectivity index (χ0v) is 16.3. The van der Waals surface area contributed by atoms with E-state index >= 15 is 0 Å². The molecule has 1 aromatic rings. The lowest BCUT2D eigenvalue weighted by Gasteiger charge is -2.26. The quantitative estimate of drug-likeness (QED) is 0.558. The summed E-state index contributed by atoms with van der Waals surface area (Å²) in [7, 11) is 3.53. The number of amides is 1. The van der Waals surface area contributed by atoms with E-state index in [-0.39, 0.29) is 24.6 Å². The summed E-state index contributed by atoms with van der Waals surface area (Å²) in [6.45, 7) is 4.40. The Morgan fingerprint density at radius 2 is 1.85 bits per heavy atom. The molecule has 1 amide bonds. The van der Waals surface area contributed by atoms with E-state index in [1.807, 2.05) is 11.8 Å². The van der Waals surface area contributed by atoms with Crippen molar-refractivity contribution >= 4 is 11.9 Å². The second-order valence-corrected chi connectivity index (χ2v) is 6.78. The van der Waals surface area contributed by atoms with Crippen LogP contribution in [0.15, 0.2) is 23.2 Å². The van der Waals surface area contributed by atoms with Crippen LogP contribution in [0.3, 0.4) is 0 Å². The first-order valence-corrected chi connectivity index (χ1v) is 9.34. The van der Waals surface area contributed by atoms with Crippen LogP contribution in [0.1, 0.15) is 31.4 Å². The van der Waals surface area contributed by atoms with E-state index in [9.17, 15) is 13.6 Å². The van der Waals surface area contributed by atoms with Gasteiger partial charge in [-0.15, -0.1) is 0 Å². The molecule has 1 heterocycles. The topological polar surface area (TPSA) is 60.0 Å². The maximum atomic E-state index is 14.2. The largest absolute Gasteiger partial charge is 0.357 e. The Labute approximate surface area is 159 Å². The number of carbonyl (C=O) groups is 1. The van der Waals surface area contributed by atoms with E-state index in [0.717, 1.165) is 25.9 Å². The van der Waals surface area contributed by atoms with Gasteiger partial charge in [-0.05, 0) is 46.0 Å². The summed E-state index contributed by atoms with van der Waals surface area (Å²) >= 11 is 0. The van der Waals surface area contributed by atoms with Gasteiger partial charge in [-0.25, -0.2) is 13.8 Å². The number of hydrogen-bond donors (Lipinski definition) is 2. The van der Waals surface area contributed by atoms with Crippen molar-refractivity contribution in [1.82, 2.24) is 20.4 Å². The van der Waals surface area contributed by atoms with Gasteiger partial charge in [0.25, 0.3) is 0 Å². The molecule has 1 unspecified atom stereocenters. The molecule has 0 radical (unpaired) electrons. The molecule has 2 rings (SSSR count). The van der Waals surface area contributed by atoms with Crippen LogP contribution in [0.25, 0.3) is 0 Å². The van der Waals surface area contributed by atoms with Crippen molar-refractivity contribution < 1.29 is 13.6 Å². The molecule has 8 heteroatoms. The Balaban J connectivity index is 2.05. The van der Waals surface area contributed by atoms with Gasteiger partial charge in [-0.2, -0.15) is 0 Å². The maximum absolute atomic E-state index is 14.2. The summed E-state index contributed by atoms with van der Waals surface area (Å²) in [5, 5.41) is 6.16. The highest BCUT2D eigenvalue weighted by molar-refractivity contribution is 5.85. The minimum Gasteiger partial charge on any atom is -0.357 e. The highest BCUT2D eigenvalue weighted by Crippen LogP contribution is 2.23. The molecule has 0 spiro atoms. The van der Waals surface area contributed by atoms with Gasteiger partial charge >= 0.3 is 0 Å². The van der Waals surface area contributed by atoms with Crippen LogP contribution in [-0.2, 0) is 4.79 Å². The Morgan fingerprint density at radius 1 is 1.22 bits per heavy atom. The third-order valence-electron chi connectivity index (χ3n) is 4.59. The van der Waals surface area contributed by atoms with Gasteiger partial charge in [0.15, 0.2) is 5.96 Å². The molecule has 1 saturated heterocycles. The van der Waals surface area contributed by atoms with Crippen molar-refractivity contribution in [2.24, 2.45) is 4.99 Å². The minimum atomic E-state index is -0.582. The van der Waals surface area contributed by atoms with Crippen LogP contribution >= 0.6 is 0 Å². The fraction of sp³-hybridized carbons (Fsp3) is 0.579. The lowest BCUT2D eigenvalue weighted by molar-refractivity contribution is -0.128. The number of likely N-dealkylation sites (N-methyl/N-ethyl adjacent to an activating group) is 1. The predicted molar refractivity (Wildman–Crippen MR) is 103 cm³/mol. The molecule has 2 N–H and O–H groups in total. The number of rotatable bonds is 7. The molecule has 1 aliphatic heterocycles. The van der Waals surface area contributed by atoms with Gasteiger partial charge in [0.2, 0.25) is 5.91 Å². The number of halogens is 2. The van der Waals surface area contributed by atoms with E-state index in [0.29, 0.717) is 12.5 Å². The lowest BCUT2D eigenvalue weighted by atomic mass is 10.0. The summed E-state index contributed by atoms with van der Waals surface area (Å²) < 4.78 is 28.3. The van der Waals surface area contributed by atoms with Crippen LogP contribution in [-0.4, -0.2) is 68.5 Å². The molecule has 0 bridgehead atoms. The van der Waals surface area contributed by atoms with E-state index in [2.05, 4.69) is 15.6 Å². The molecule has 0 aliphatic carbocycles. The Morgan fingerprint density at radius 3 is 2.41 bits per heavy atom. The number of benzene rings is 1. The van der Waals surface area contributed by atoms with Crippen molar-refractivity contribution in [2.45, 2.75) is 25.8 Å². The zero-order valence-electron chi connectivity index (χ0n) is 16.3. The molecule has 0 aromatic heterocycles. The molecule has 6 nitrogen and oxygen atoms in total. The molecule has 1 atom stereocenters. The van der Waals surface area contributed by atoms with Crippen molar-refractivity contribution in [2.75, 3.05) is 46.8 Å². The number of nitrogens with zero attached hydrogens (tertiary/aromatic N) is 3. The highest BCUT2D eigenvalue weighted by Gasteiger charge is 2.22. The monoisotopic (exact) mass is 381 g/mol. The van der Waals surface area contributed by atoms with Gasteiger partial charge in [-0.1, -0.05) is 6.07 Å². The van der Waals surface area contributed by atoms with Gasteiger partial charge in [0.1, 0.15) is 18.2 Å². The fourth-order valence-corrected chi connectivity index (χ4v) is 3.12. The first kappa shape index (κ1) is 21.1. The van der Waals surface area contributed by atoms with E-state index in [4.69, 9.17) is 0 Å². The average molecular weight is 381 g/mol. The third-order valence-corrected chi connectivity index (χ3v) is 4.59. The standard InChI is InChI=1S/C19H29F2N5O/c1-4-22-19(24-13-17(27)26-10-5-6-11-26)23-12-16(25(2)3)18-14(20)8-7-9-15(18)21/h7-9,16H,4-6,10-13H2,1-3H3,(H2,22,23,24). The molecule has 1 fully saturated rings. The summed E-state index contributed by atoms with van der Waals surface area (Å²) in [6.07, 6.45) is 2.07. The average Bonchev–Trinajstić information content (AvgIpc) is 3.16. The number of guanidine groups is 1. The van der Waals surface area contributed by atoms with Crippen LogP contribution in [0, 0.1) is 11.6 Å². The molecular formula is C19H29F2N5O. The van der Waals surface area contributed by atoms with Crippen LogP contribution in [0.2, 0.25) is 0 Å². The summed E-state index contributed by atoms with van der Waals surface area (Å²) in [4.78, 5) is 20.0. The van der Waals surface area contributed by atoms with Gasteiger partial charge < -0.3 is 20.4 Å². The van der Waals surface area contributed by atoms with Gasteiger partial charge in [0, 0.05) is 31.7 Å². The summed E-state index contributed by atoms with van der Waals surface area (Å²) in [5.74, 6) is -0.717. The number of likely N-dealkylation sites (tertiary alicyclic amines) is 1. The normalized spacial score (nSPS) is 15.9. The fourth-order valence-electron chi connectivity index (χ4n) is 3.12. The van der Waals surface area contributed by atoms with Crippen LogP contribution < -0.4 is 10.6 Å². The second-order valence-electron chi connectivity index (χ2n) is 6.78. The number of aliphatic imine (C=N–C) groups is 1. The molecule has 1 aromatic carbocycles. The molecular weight excluding hydrogens is 352 g/mol. The van der Waals surface area contributed by atoms with E-state index in [1.54, 1.807) is 19.0 Å². The van der Waals surface area contributed by atoms with E-state index in [1.165, 1.54) is 18.2 Å². The molecule has 150 valence electrons. The SMILES string of the molecule is CCNC(=NCC(=O)N1CCCC1)NCC(c1c(F)cccc1F)N(C)C. The Bertz CT molecular complexity index is 639. The lowest BCUT2D eigenvalue weighted by Crippen LogP contribution is -2.43. The van der Waals surface area contributed by atoms with Crippen LogP contribution in [0.5, 0.6) is 0 Å². The number of nitrogens with one attached hydrogen (secondary N) is 2. The molecule has 27 heavy (non-hydrogen) atoms. The van der Waals surface area contributed by atoms with Crippen molar-refractivity contribution in [1.29, 1.82) is 0 Å². The second kappa shape index (κ2) is 10.2. The van der Waals surface area contributed by atoms with Crippen molar-refractivity contribution in [3.05, 3.63) is 35.4 Å². The molecule has 1 aliphatic rings. The number of carbonyl (C=O) groups excluding carboxylic acids is 1. The maximum Gasteiger partial charge on any atom is 0.244 e. The first-order chi connectivity index (χ1) is 12.9. The van der Waals surface area contributed by atoms with E-state index < -0.39 is 17.7 Å². The predicted octanol–water partition coefficient (Wildman–Crippen LogP) is 1.74. The smallest absolute Gasteiger partial charge is 0.244 e. The Hall–Kier alpha value is -2.22. The highest BCUT2D eigenvalue weighted by atomic mass is 19.1. The number of hydrogen-bond acceptors (Lipinski definition) is 3. The van der Waals surface area contributed by atoms with Gasteiger partial charge in [0.05, 0.1) is 6.04 Å². The van der Waals surface area contributed by atoms with Crippen LogP contribution in [0.4, 0.5) is 8.78 Å².